The monoisotopic (exact) mass is 267 g/mol. The summed E-state index contributed by atoms with van der Waals surface area (Å²) in [7, 11) is 0. The molecule has 2 rings (SSSR count). The lowest BCUT2D eigenvalue weighted by molar-refractivity contribution is 0.174. The summed E-state index contributed by atoms with van der Waals surface area (Å²) in [5, 5.41) is 19.6. The summed E-state index contributed by atoms with van der Waals surface area (Å²) in [6.07, 6.45) is 0.626. The number of aliphatic hydroxyl groups is 1. The van der Waals surface area contributed by atoms with Gasteiger partial charge in [-0.1, -0.05) is 6.07 Å². The van der Waals surface area contributed by atoms with E-state index in [-0.39, 0.29) is 6.10 Å². The third-order valence-corrected chi connectivity index (χ3v) is 4.36. The Bertz CT molecular complexity index is 411. The van der Waals surface area contributed by atoms with Crippen molar-refractivity contribution < 1.29 is 5.11 Å². The SMILES string of the molecule is CC(Cc1ccsc1)NCC(O)c1cccs1. The second-order valence-electron chi connectivity index (χ2n) is 4.18. The molecule has 2 atom stereocenters. The van der Waals surface area contributed by atoms with E-state index in [4.69, 9.17) is 0 Å². The zero-order chi connectivity index (χ0) is 12.1. The molecular weight excluding hydrogens is 250 g/mol. The van der Waals surface area contributed by atoms with E-state index in [0.717, 1.165) is 11.3 Å². The number of aliphatic hydroxyl groups excluding tert-OH is 1. The topological polar surface area (TPSA) is 32.3 Å². The molecule has 2 nitrogen and oxygen atoms in total. The molecule has 2 unspecified atom stereocenters. The van der Waals surface area contributed by atoms with Crippen molar-refractivity contribution in [2.75, 3.05) is 6.54 Å². The van der Waals surface area contributed by atoms with E-state index >= 15 is 0 Å². The minimum Gasteiger partial charge on any atom is -0.386 e. The van der Waals surface area contributed by atoms with Crippen LogP contribution in [0.3, 0.4) is 0 Å². The standard InChI is InChI=1S/C13H17NOS2/c1-10(7-11-4-6-16-9-11)14-8-12(15)13-3-2-5-17-13/h2-6,9-10,12,14-15H,7-8H2,1H3. The van der Waals surface area contributed by atoms with Gasteiger partial charge in [-0.3, -0.25) is 0 Å². The maximum absolute atomic E-state index is 9.93. The van der Waals surface area contributed by atoms with Crippen LogP contribution in [-0.2, 0) is 6.42 Å². The van der Waals surface area contributed by atoms with Crippen molar-refractivity contribution in [2.45, 2.75) is 25.5 Å². The highest BCUT2D eigenvalue weighted by Crippen LogP contribution is 2.18. The van der Waals surface area contributed by atoms with E-state index in [1.165, 1.54) is 5.56 Å². The first-order chi connectivity index (χ1) is 8.25. The molecule has 0 bridgehead atoms. The molecule has 2 heterocycles. The van der Waals surface area contributed by atoms with Crippen LogP contribution < -0.4 is 5.32 Å². The van der Waals surface area contributed by atoms with E-state index in [9.17, 15) is 5.11 Å². The maximum Gasteiger partial charge on any atom is 0.101 e. The molecule has 0 aliphatic rings. The van der Waals surface area contributed by atoms with Gasteiger partial charge < -0.3 is 10.4 Å². The number of thiophene rings is 2. The van der Waals surface area contributed by atoms with E-state index in [2.05, 4.69) is 29.1 Å². The van der Waals surface area contributed by atoms with Gasteiger partial charge in [-0.05, 0) is 47.2 Å². The van der Waals surface area contributed by atoms with Gasteiger partial charge in [0.2, 0.25) is 0 Å². The third-order valence-electron chi connectivity index (χ3n) is 2.65. The van der Waals surface area contributed by atoms with Crippen molar-refractivity contribution in [2.24, 2.45) is 0 Å². The van der Waals surface area contributed by atoms with Gasteiger partial charge in [0.25, 0.3) is 0 Å². The van der Waals surface area contributed by atoms with Crippen molar-refractivity contribution in [3.05, 3.63) is 44.8 Å². The lowest BCUT2D eigenvalue weighted by Gasteiger charge is -2.16. The van der Waals surface area contributed by atoms with Crippen LogP contribution in [0.2, 0.25) is 0 Å². The van der Waals surface area contributed by atoms with E-state index < -0.39 is 0 Å². The Morgan fingerprint density at radius 3 is 2.88 bits per heavy atom. The van der Waals surface area contributed by atoms with Gasteiger partial charge in [0.05, 0.1) is 0 Å². The Hall–Kier alpha value is -0.680. The maximum atomic E-state index is 9.93. The lowest BCUT2D eigenvalue weighted by Crippen LogP contribution is -2.31. The molecule has 0 radical (unpaired) electrons. The minimum absolute atomic E-state index is 0.388. The highest BCUT2D eigenvalue weighted by molar-refractivity contribution is 7.10. The first-order valence-electron chi connectivity index (χ1n) is 5.71. The Balaban J connectivity index is 1.74. The van der Waals surface area contributed by atoms with Gasteiger partial charge in [-0.25, -0.2) is 0 Å². The van der Waals surface area contributed by atoms with Crippen LogP contribution in [0.15, 0.2) is 34.3 Å². The zero-order valence-corrected chi connectivity index (χ0v) is 11.4. The molecule has 2 aromatic heterocycles. The normalized spacial score (nSPS) is 14.7. The summed E-state index contributed by atoms with van der Waals surface area (Å²) in [4.78, 5) is 1.03. The molecule has 0 aliphatic heterocycles. The van der Waals surface area contributed by atoms with Gasteiger partial charge in [0.1, 0.15) is 6.10 Å². The molecule has 0 fully saturated rings. The van der Waals surface area contributed by atoms with Crippen LogP contribution in [0.4, 0.5) is 0 Å². The zero-order valence-electron chi connectivity index (χ0n) is 9.80. The fourth-order valence-corrected chi connectivity index (χ4v) is 3.12. The summed E-state index contributed by atoms with van der Waals surface area (Å²) in [5.41, 5.74) is 1.36. The van der Waals surface area contributed by atoms with Crippen molar-refractivity contribution in [3.8, 4) is 0 Å². The van der Waals surface area contributed by atoms with Gasteiger partial charge >= 0.3 is 0 Å². The second-order valence-corrected chi connectivity index (χ2v) is 5.94. The van der Waals surface area contributed by atoms with E-state index in [0.29, 0.717) is 12.6 Å². The van der Waals surface area contributed by atoms with Gasteiger partial charge in [-0.2, -0.15) is 11.3 Å². The van der Waals surface area contributed by atoms with Crippen LogP contribution in [-0.4, -0.2) is 17.7 Å². The molecule has 4 heteroatoms. The highest BCUT2D eigenvalue weighted by atomic mass is 32.1. The summed E-state index contributed by atoms with van der Waals surface area (Å²) in [6, 6.07) is 6.48. The summed E-state index contributed by atoms with van der Waals surface area (Å²) < 4.78 is 0. The summed E-state index contributed by atoms with van der Waals surface area (Å²) in [6.45, 7) is 2.77. The van der Waals surface area contributed by atoms with Crippen LogP contribution in [0.25, 0.3) is 0 Å². The molecular formula is C13H17NOS2. The second kappa shape index (κ2) is 6.31. The van der Waals surface area contributed by atoms with E-state index in [1.807, 2.05) is 17.5 Å². The predicted octanol–water partition coefficient (Wildman–Crippen LogP) is 3.06. The third kappa shape index (κ3) is 3.92. The molecule has 2 aromatic rings. The van der Waals surface area contributed by atoms with Gasteiger partial charge in [-0.15, -0.1) is 11.3 Å². The summed E-state index contributed by atoms with van der Waals surface area (Å²) >= 11 is 3.33. The van der Waals surface area contributed by atoms with Crippen molar-refractivity contribution >= 4 is 22.7 Å². The molecule has 0 saturated heterocycles. The molecule has 0 aliphatic carbocycles. The largest absolute Gasteiger partial charge is 0.386 e. The van der Waals surface area contributed by atoms with E-state index in [1.54, 1.807) is 22.7 Å². The van der Waals surface area contributed by atoms with Crippen LogP contribution in [0.5, 0.6) is 0 Å². The number of nitrogens with one attached hydrogen (secondary N) is 1. The van der Waals surface area contributed by atoms with Gasteiger partial charge in [0.15, 0.2) is 0 Å². The first kappa shape index (κ1) is 12.8. The number of hydrogen-bond acceptors (Lipinski definition) is 4. The summed E-state index contributed by atoms with van der Waals surface area (Å²) in [5.74, 6) is 0. The van der Waals surface area contributed by atoms with Crippen molar-refractivity contribution in [3.63, 3.8) is 0 Å². The quantitative estimate of drug-likeness (QED) is 0.843. The molecule has 17 heavy (non-hydrogen) atoms. The molecule has 2 N–H and O–H groups in total. The van der Waals surface area contributed by atoms with Crippen LogP contribution in [0, 0.1) is 0 Å². The Labute approximate surface area is 110 Å². The first-order valence-corrected chi connectivity index (χ1v) is 7.54. The minimum atomic E-state index is -0.389. The molecule has 92 valence electrons. The van der Waals surface area contributed by atoms with Crippen LogP contribution in [0.1, 0.15) is 23.5 Å². The fraction of sp³-hybridized carbons (Fsp3) is 0.385. The van der Waals surface area contributed by atoms with Crippen molar-refractivity contribution in [1.29, 1.82) is 0 Å². The van der Waals surface area contributed by atoms with Gasteiger partial charge in [0, 0.05) is 17.5 Å². The predicted molar refractivity (Wildman–Crippen MR) is 74.8 cm³/mol. The average Bonchev–Trinajstić information content (AvgIpc) is 2.97. The lowest BCUT2D eigenvalue weighted by atomic mass is 10.1. The Kier molecular flexibility index (Phi) is 4.74. The van der Waals surface area contributed by atoms with Crippen molar-refractivity contribution in [1.82, 2.24) is 5.32 Å². The van der Waals surface area contributed by atoms with Crippen LogP contribution >= 0.6 is 22.7 Å². The Morgan fingerprint density at radius 1 is 1.35 bits per heavy atom. The molecule has 0 aromatic carbocycles. The highest BCUT2D eigenvalue weighted by Gasteiger charge is 2.10. The number of hydrogen-bond donors (Lipinski definition) is 2. The molecule has 0 saturated carbocycles. The number of rotatable bonds is 6. The Morgan fingerprint density at radius 2 is 2.24 bits per heavy atom. The molecule has 0 spiro atoms. The smallest absolute Gasteiger partial charge is 0.101 e. The molecule has 0 amide bonds. The fourth-order valence-electron chi connectivity index (χ4n) is 1.73. The average molecular weight is 267 g/mol.